The highest BCUT2D eigenvalue weighted by Crippen LogP contribution is 2.27. The molecule has 0 spiro atoms. The number of unbranched alkanes of at least 4 members (excludes halogenated alkanes) is 1. The van der Waals surface area contributed by atoms with Crippen molar-refractivity contribution in [2.75, 3.05) is 26.2 Å². The largest absolute Gasteiger partial charge is 0.372 e. The highest BCUT2D eigenvalue weighted by molar-refractivity contribution is 4.87. The molecule has 2 aliphatic rings. The van der Waals surface area contributed by atoms with Gasteiger partial charge in [-0.3, -0.25) is 4.90 Å². The van der Waals surface area contributed by atoms with E-state index in [-0.39, 0.29) is 0 Å². The number of hydrogen-bond donors (Lipinski definition) is 1. The lowest BCUT2D eigenvalue weighted by Crippen LogP contribution is -2.50. The topological polar surface area (TPSA) is 24.5 Å². The fourth-order valence-corrected chi connectivity index (χ4v) is 2.75. The molecule has 2 saturated heterocycles. The van der Waals surface area contributed by atoms with Gasteiger partial charge in [-0.15, -0.1) is 0 Å². The number of hydrogen-bond acceptors (Lipinski definition) is 3. The molecule has 0 aromatic heterocycles. The van der Waals surface area contributed by atoms with E-state index in [1.807, 2.05) is 0 Å². The number of likely N-dealkylation sites (tertiary alicyclic amines) is 1. The summed E-state index contributed by atoms with van der Waals surface area (Å²) in [5.41, 5.74) is 0. The molecule has 3 atom stereocenters. The molecule has 0 aromatic rings. The summed E-state index contributed by atoms with van der Waals surface area (Å²) in [5.74, 6) is 0. The minimum atomic E-state index is 0.525. The number of ether oxygens (including phenoxy) is 1. The third kappa shape index (κ3) is 3.19. The van der Waals surface area contributed by atoms with Gasteiger partial charge in [0.25, 0.3) is 0 Å². The van der Waals surface area contributed by atoms with Gasteiger partial charge in [0.05, 0.1) is 12.2 Å². The predicted octanol–water partition coefficient (Wildman–Crippen LogP) is 1.63. The second-order valence-corrected chi connectivity index (χ2v) is 5.32. The third-order valence-corrected chi connectivity index (χ3v) is 3.84. The Labute approximate surface area is 99.5 Å². The van der Waals surface area contributed by atoms with Gasteiger partial charge < -0.3 is 10.1 Å². The molecule has 2 fully saturated rings. The number of nitrogens with one attached hydrogen (secondary N) is 1. The molecule has 2 bridgehead atoms. The Bertz CT molecular complexity index is 198. The fourth-order valence-electron chi connectivity index (χ4n) is 2.75. The Hall–Kier alpha value is -0.120. The molecule has 3 heteroatoms. The molecular formula is C13H26N2O. The summed E-state index contributed by atoms with van der Waals surface area (Å²) in [4.78, 5) is 2.60. The van der Waals surface area contributed by atoms with Crippen LogP contribution in [-0.4, -0.2) is 49.3 Å². The van der Waals surface area contributed by atoms with E-state index in [0.717, 1.165) is 26.2 Å². The summed E-state index contributed by atoms with van der Waals surface area (Å²) in [6.45, 7) is 9.16. The van der Waals surface area contributed by atoms with Gasteiger partial charge in [-0.2, -0.15) is 0 Å². The van der Waals surface area contributed by atoms with E-state index >= 15 is 0 Å². The highest BCUT2D eigenvalue weighted by Gasteiger charge is 2.35. The molecule has 3 unspecified atom stereocenters. The maximum atomic E-state index is 5.86. The minimum absolute atomic E-state index is 0.525. The third-order valence-electron chi connectivity index (χ3n) is 3.84. The molecule has 3 nitrogen and oxygen atoms in total. The average Bonchev–Trinajstić information content (AvgIpc) is 2.63. The standard InChI is InChI=1S/C13H26N2O/c1-3-4-7-14-8-11(2)15-9-12-5-6-13(10-15)16-12/h11-14H,3-10H2,1-2H3. The first-order valence-corrected chi connectivity index (χ1v) is 6.89. The quantitative estimate of drug-likeness (QED) is 0.697. The monoisotopic (exact) mass is 226 g/mol. The second kappa shape index (κ2) is 5.99. The number of morpholine rings is 1. The summed E-state index contributed by atoms with van der Waals surface area (Å²) < 4.78 is 5.86. The van der Waals surface area contributed by atoms with Crippen LogP contribution in [0.3, 0.4) is 0 Å². The Morgan fingerprint density at radius 3 is 2.62 bits per heavy atom. The number of nitrogens with zero attached hydrogens (tertiary/aromatic N) is 1. The van der Waals surface area contributed by atoms with Crippen LogP contribution in [0.2, 0.25) is 0 Å². The van der Waals surface area contributed by atoms with Gasteiger partial charge in [0.15, 0.2) is 0 Å². The summed E-state index contributed by atoms with van der Waals surface area (Å²) in [6, 6.07) is 0.656. The maximum absolute atomic E-state index is 5.86. The average molecular weight is 226 g/mol. The minimum Gasteiger partial charge on any atom is -0.372 e. The van der Waals surface area contributed by atoms with Crippen LogP contribution in [0.15, 0.2) is 0 Å². The van der Waals surface area contributed by atoms with Gasteiger partial charge in [-0.05, 0) is 32.7 Å². The zero-order valence-corrected chi connectivity index (χ0v) is 10.7. The zero-order valence-electron chi connectivity index (χ0n) is 10.7. The van der Waals surface area contributed by atoms with Gasteiger partial charge in [0.1, 0.15) is 0 Å². The molecular weight excluding hydrogens is 200 g/mol. The van der Waals surface area contributed by atoms with Gasteiger partial charge >= 0.3 is 0 Å². The van der Waals surface area contributed by atoms with Crippen molar-refractivity contribution in [2.45, 2.75) is 57.8 Å². The van der Waals surface area contributed by atoms with E-state index in [2.05, 4.69) is 24.1 Å². The first kappa shape index (κ1) is 12.3. The first-order chi connectivity index (χ1) is 7.79. The van der Waals surface area contributed by atoms with E-state index in [1.54, 1.807) is 0 Å². The molecule has 16 heavy (non-hydrogen) atoms. The number of fused-ring (bicyclic) bond motifs is 2. The molecule has 0 saturated carbocycles. The van der Waals surface area contributed by atoms with E-state index in [9.17, 15) is 0 Å². The maximum Gasteiger partial charge on any atom is 0.0707 e. The van der Waals surface area contributed by atoms with Gasteiger partial charge in [0, 0.05) is 25.7 Å². The van der Waals surface area contributed by atoms with Crippen molar-refractivity contribution in [1.82, 2.24) is 10.2 Å². The lowest BCUT2D eigenvalue weighted by molar-refractivity contribution is -0.0500. The van der Waals surface area contributed by atoms with Crippen LogP contribution >= 0.6 is 0 Å². The van der Waals surface area contributed by atoms with Crippen LogP contribution in [0, 0.1) is 0 Å². The van der Waals surface area contributed by atoms with E-state index in [0.29, 0.717) is 18.2 Å². The van der Waals surface area contributed by atoms with Crippen LogP contribution < -0.4 is 5.32 Å². The van der Waals surface area contributed by atoms with Crippen LogP contribution in [0.4, 0.5) is 0 Å². The van der Waals surface area contributed by atoms with E-state index in [1.165, 1.54) is 25.7 Å². The van der Waals surface area contributed by atoms with E-state index < -0.39 is 0 Å². The fraction of sp³-hybridized carbons (Fsp3) is 1.00. The molecule has 0 aliphatic carbocycles. The Morgan fingerprint density at radius 2 is 2.00 bits per heavy atom. The Morgan fingerprint density at radius 1 is 1.31 bits per heavy atom. The molecule has 1 N–H and O–H groups in total. The van der Waals surface area contributed by atoms with Crippen molar-refractivity contribution in [3.63, 3.8) is 0 Å². The SMILES string of the molecule is CCCCNCC(C)N1CC2CCC(C1)O2. The predicted molar refractivity (Wildman–Crippen MR) is 66.7 cm³/mol. The zero-order chi connectivity index (χ0) is 11.4. The molecule has 94 valence electrons. The Balaban J connectivity index is 1.67. The van der Waals surface area contributed by atoms with Crippen LogP contribution in [0.25, 0.3) is 0 Å². The molecule has 2 heterocycles. The summed E-state index contributed by atoms with van der Waals surface area (Å²) in [5, 5.41) is 3.55. The van der Waals surface area contributed by atoms with Crippen molar-refractivity contribution in [1.29, 1.82) is 0 Å². The van der Waals surface area contributed by atoms with Crippen LogP contribution in [0.5, 0.6) is 0 Å². The van der Waals surface area contributed by atoms with Crippen molar-refractivity contribution in [2.24, 2.45) is 0 Å². The van der Waals surface area contributed by atoms with Crippen LogP contribution in [0.1, 0.15) is 39.5 Å². The molecule has 0 aromatic carbocycles. The van der Waals surface area contributed by atoms with Crippen molar-refractivity contribution in [3.05, 3.63) is 0 Å². The summed E-state index contributed by atoms with van der Waals surface area (Å²) in [6.07, 6.45) is 6.17. The van der Waals surface area contributed by atoms with Gasteiger partial charge in [0.2, 0.25) is 0 Å². The lowest BCUT2D eigenvalue weighted by Gasteiger charge is -2.36. The van der Waals surface area contributed by atoms with Crippen molar-refractivity contribution >= 4 is 0 Å². The molecule has 2 rings (SSSR count). The van der Waals surface area contributed by atoms with Gasteiger partial charge in [-0.25, -0.2) is 0 Å². The lowest BCUT2D eigenvalue weighted by atomic mass is 10.2. The van der Waals surface area contributed by atoms with Crippen molar-refractivity contribution < 1.29 is 4.74 Å². The van der Waals surface area contributed by atoms with E-state index in [4.69, 9.17) is 4.74 Å². The smallest absolute Gasteiger partial charge is 0.0707 e. The second-order valence-electron chi connectivity index (χ2n) is 5.32. The summed E-state index contributed by atoms with van der Waals surface area (Å²) >= 11 is 0. The molecule has 0 radical (unpaired) electrons. The first-order valence-electron chi connectivity index (χ1n) is 6.89. The van der Waals surface area contributed by atoms with Crippen molar-refractivity contribution in [3.8, 4) is 0 Å². The number of rotatable bonds is 6. The molecule has 2 aliphatic heterocycles. The highest BCUT2D eigenvalue weighted by atomic mass is 16.5. The van der Waals surface area contributed by atoms with Crippen LogP contribution in [-0.2, 0) is 4.74 Å². The Kier molecular flexibility index (Phi) is 4.62. The normalized spacial score (nSPS) is 31.9. The molecule has 0 amide bonds. The summed E-state index contributed by atoms with van der Waals surface area (Å²) in [7, 11) is 0. The van der Waals surface area contributed by atoms with Gasteiger partial charge in [-0.1, -0.05) is 13.3 Å².